The van der Waals surface area contributed by atoms with E-state index in [1.807, 2.05) is 0 Å². The Morgan fingerprint density at radius 1 is 0.630 bits per heavy atom. The highest BCUT2D eigenvalue weighted by molar-refractivity contribution is 5.53. The van der Waals surface area contributed by atoms with Gasteiger partial charge in [0.15, 0.2) is 0 Å². The molecular weight excluding hydrogens is 326 g/mol. The van der Waals surface area contributed by atoms with Crippen LogP contribution >= 0.6 is 0 Å². The van der Waals surface area contributed by atoms with Crippen molar-refractivity contribution in [2.24, 2.45) is 0 Å². The summed E-state index contributed by atoms with van der Waals surface area (Å²) in [6.07, 6.45) is 0. The first kappa shape index (κ1) is 20.9. The van der Waals surface area contributed by atoms with E-state index >= 15 is 0 Å². The zero-order valence-corrected chi connectivity index (χ0v) is 17.4. The van der Waals surface area contributed by atoms with E-state index in [0.717, 1.165) is 13.1 Å². The average Bonchev–Trinajstić information content (AvgIpc) is 2.70. The van der Waals surface area contributed by atoms with Crippen molar-refractivity contribution in [1.29, 1.82) is 0 Å². The lowest BCUT2D eigenvalue weighted by molar-refractivity contribution is 0.681. The van der Waals surface area contributed by atoms with Gasteiger partial charge < -0.3 is 5.32 Å². The van der Waals surface area contributed by atoms with Gasteiger partial charge in [-0.25, -0.2) is 0 Å². The Morgan fingerprint density at radius 3 is 1.41 bits per heavy atom. The van der Waals surface area contributed by atoms with Crippen LogP contribution in [0.25, 0.3) is 0 Å². The Labute approximate surface area is 165 Å². The van der Waals surface area contributed by atoms with Crippen LogP contribution in [0.3, 0.4) is 0 Å². The molecule has 1 heteroatoms. The first-order valence-electron chi connectivity index (χ1n) is 9.94. The molecule has 0 aliphatic heterocycles. The predicted molar refractivity (Wildman–Crippen MR) is 119 cm³/mol. The minimum atomic E-state index is -0.141. The normalized spacial score (nSPS) is 10.9. The van der Waals surface area contributed by atoms with Crippen LogP contribution in [0.2, 0.25) is 0 Å². The third-order valence-corrected chi connectivity index (χ3v) is 5.22. The summed E-state index contributed by atoms with van der Waals surface area (Å²) in [7, 11) is 0. The number of hydrogen-bond donors (Lipinski definition) is 1. The molecule has 0 aromatic heterocycles. The molecular formula is C26H33N. The first-order chi connectivity index (χ1) is 13.1. The van der Waals surface area contributed by atoms with Gasteiger partial charge in [0.1, 0.15) is 0 Å². The Morgan fingerprint density at radius 2 is 1.04 bits per heavy atom. The zero-order valence-electron chi connectivity index (χ0n) is 17.4. The van der Waals surface area contributed by atoms with Gasteiger partial charge >= 0.3 is 0 Å². The first-order valence-corrected chi connectivity index (χ1v) is 9.94. The maximum Gasteiger partial charge on any atom is 0.0428 e. The molecule has 3 rings (SSSR count). The standard InChI is InChI=1S/C22H22.C4H11N/c1-17-11-7-9-15-20(17)22(3,19-13-5-4-6-14-19)21-16-10-8-12-18(21)2;1-3-5-4-2/h4-16H,1-3H3;5H,3-4H2,1-2H3. The maximum atomic E-state index is 3.11. The molecule has 1 N–H and O–H groups in total. The third-order valence-electron chi connectivity index (χ3n) is 5.22. The highest BCUT2D eigenvalue weighted by Gasteiger charge is 2.33. The fraction of sp³-hybridized carbons (Fsp3) is 0.308. The second kappa shape index (κ2) is 10.1. The van der Waals surface area contributed by atoms with Crippen molar-refractivity contribution in [3.8, 4) is 0 Å². The number of nitrogens with one attached hydrogen (secondary N) is 1. The molecule has 3 aromatic carbocycles. The molecule has 0 aliphatic rings. The third kappa shape index (κ3) is 4.87. The summed E-state index contributed by atoms with van der Waals surface area (Å²) in [5.74, 6) is 0. The molecule has 0 atom stereocenters. The average molecular weight is 360 g/mol. The molecule has 0 saturated heterocycles. The van der Waals surface area contributed by atoms with E-state index in [0.29, 0.717) is 0 Å². The molecule has 142 valence electrons. The minimum absolute atomic E-state index is 0.141. The van der Waals surface area contributed by atoms with Gasteiger partial charge in [0, 0.05) is 5.41 Å². The van der Waals surface area contributed by atoms with Crippen LogP contribution in [0, 0.1) is 13.8 Å². The Bertz CT molecular complexity index is 773. The van der Waals surface area contributed by atoms with Gasteiger partial charge in [-0.15, -0.1) is 0 Å². The van der Waals surface area contributed by atoms with Crippen molar-refractivity contribution < 1.29 is 0 Å². The molecule has 0 unspecified atom stereocenters. The Hall–Kier alpha value is -2.38. The van der Waals surface area contributed by atoms with Gasteiger partial charge in [-0.05, 0) is 61.7 Å². The van der Waals surface area contributed by atoms with E-state index in [1.54, 1.807) is 0 Å². The molecule has 0 aliphatic carbocycles. The van der Waals surface area contributed by atoms with Gasteiger partial charge in [-0.1, -0.05) is 92.7 Å². The molecule has 27 heavy (non-hydrogen) atoms. The molecule has 0 fully saturated rings. The second-order valence-electron chi connectivity index (χ2n) is 7.08. The topological polar surface area (TPSA) is 12.0 Å². The highest BCUT2D eigenvalue weighted by atomic mass is 14.8. The lowest BCUT2D eigenvalue weighted by Crippen LogP contribution is -2.27. The van der Waals surface area contributed by atoms with Crippen molar-refractivity contribution in [3.05, 3.63) is 107 Å². The van der Waals surface area contributed by atoms with Crippen molar-refractivity contribution in [3.63, 3.8) is 0 Å². The fourth-order valence-corrected chi connectivity index (χ4v) is 3.75. The summed E-state index contributed by atoms with van der Waals surface area (Å²) in [5.41, 5.74) is 6.59. The maximum absolute atomic E-state index is 3.11. The van der Waals surface area contributed by atoms with Gasteiger partial charge in [0.25, 0.3) is 0 Å². The lowest BCUT2D eigenvalue weighted by atomic mass is 9.68. The predicted octanol–water partition coefficient (Wildman–Crippen LogP) is 6.27. The van der Waals surface area contributed by atoms with Gasteiger partial charge in [0.05, 0.1) is 0 Å². The van der Waals surface area contributed by atoms with Crippen molar-refractivity contribution in [1.82, 2.24) is 5.32 Å². The van der Waals surface area contributed by atoms with E-state index in [1.165, 1.54) is 27.8 Å². The summed E-state index contributed by atoms with van der Waals surface area (Å²) >= 11 is 0. The van der Waals surface area contributed by atoms with Gasteiger partial charge in [0.2, 0.25) is 0 Å². The highest BCUT2D eigenvalue weighted by Crippen LogP contribution is 2.41. The number of hydrogen-bond acceptors (Lipinski definition) is 1. The molecule has 0 spiro atoms. The fourth-order valence-electron chi connectivity index (χ4n) is 3.75. The van der Waals surface area contributed by atoms with Gasteiger partial charge in [-0.3, -0.25) is 0 Å². The minimum Gasteiger partial charge on any atom is -0.317 e. The Kier molecular flexibility index (Phi) is 7.82. The SMILES string of the molecule is CCNCC.Cc1ccccc1C(C)(c1ccccc1)c1ccccc1C. The molecule has 0 amide bonds. The summed E-state index contributed by atoms with van der Waals surface area (Å²) < 4.78 is 0. The quantitative estimate of drug-likeness (QED) is 0.529. The van der Waals surface area contributed by atoms with Crippen LogP contribution in [0.5, 0.6) is 0 Å². The van der Waals surface area contributed by atoms with Crippen molar-refractivity contribution in [2.75, 3.05) is 13.1 Å². The van der Waals surface area contributed by atoms with E-state index in [2.05, 4.69) is 119 Å². The second-order valence-corrected chi connectivity index (χ2v) is 7.08. The van der Waals surface area contributed by atoms with Gasteiger partial charge in [-0.2, -0.15) is 0 Å². The number of rotatable bonds is 5. The number of benzene rings is 3. The van der Waals surface area contributed by atoms with E-state index < -0.39 is 0 Å². The zero-order chi connectivity index (χ0) is 19.7. The van der Waals surface area contributed by atoms with Crippen molar-refractivity contribution >= 4 is 0 Å². The van der Waals surface area contributed by atoms with Crippen LogP contribution in [0.4, 0.5) is 0 Å². The lowest BCUT2D eigenvalue weighted by Gasteiger charge is -2.34. The molecule has 0 bridgehead atoms. The van der Waals surface area contributed by atoms with Crippen molar-refractivity contribution in [2.45, 2.75) is 40.0 Å². The Balaban J connectivity index is 0.000000465. The molecule has 0 radical (unpaired) electrons. The van der Waals surface area contributed by atoms with Crippen LogP contribution in [0.1, 0.15) is 48.6 Å². The molecule has 0 saturated carbocycles. The summed E-state index contributed by atoms with van der Waals surface area (Å²) in [6.45, 7) is 13.1. The van der Waals surface area contributed by atoms with E-state index in [4.69, 9.17) is 0 Å². The van der Waals surface area contributed by atoms with Crippen LogP contribution in [-0.2, 0) is 5.41 Å². The molecule has 0 heterocycles. The smallest absolute Gasteiger partial charge is 0.0428 e. The van der Waals surface area contributed by atoms with Crippen LogP contribution < -0.4 is 5.32 Å². The largest absolute Gasteiger partial charge is 0.317 e. The van der Waals surface area contributed by atoms with Crippen LogP contribution in [0.15, 0.2) is 78.9 Å². The van der Waals surface area contributed by atoms with E-state index in [9.17, 15) is 0 Å². The number of aryl methyl sites for hydroxylation is 2. The van der Waals surface area contributed by atoms with E-state index in [-0.39, 0.29) is 5.41 Å². The molecule has 3 aromatic rings. The summed E-state index contributed by atoms with van der Waals surface area (Å²) in [6, 6.07) is 28.2. The summed E-state index contributed by atoms with van der Waals surface area (Å²) in [4.78, 5) is 0. The van der Waals surface area contributed by atoms with Crippen LogP contribution in [-0.4, -0.2) is 13.1 Å². The monoisotopic (exact) mass is 359 g/mol. The molecule has 1 nitrogen and oxygen atoms in total. The summed E-state index contributed by atoms with van der Waals surface area (Å²) in [5, 5.41) is 3.11.